The summed E-state index contributed by atoms with van der Waals surface area (Å²) in [5.41, 5.74) is 3.87. The van der Waals surface area contributed by atoms with Crippen LogP contribution in [-0.2, 0) is 26.2 Å². The molecule has 1 N–H and O–H groups in total. The Hall–Kier alpha value is -3.65. The predicted octanol–water partition coefficient (Wildman–Crippen LogP) is 3.97. The lowest BCUT2D eigenvalue weighted by atomic mass is 10.1. The standard InChI is InChI=1S/C28H33N3O4S/c1-20-15-16-22(3)26(17-20)31(36(34,35)25-13-7-6-8-14-25)19-27(32)30(23(4)28(33)29-5)18-24-12-10-9-11-21(24)2/h6-17,23H,18-19H2,1-5H3,(H,29,33)/t23-/m1/s1. The molecule has 0 spiro atoms. The summed E-state index contributed by atoms with van der Waals surface area (Å²) < 4.78 is 28.8. The van der Waals surface area contributed by atoms with Gasteiger partial charge >= 0.3 is 0 Å². The number of anilines is 1. The Morgan fingerprint density at radius 2 is 1.53 bits per heavy atom. The SMILES string of the molecule is CNC(=O)[C@@H](C)N(Cc1ccccc1C)C(=O)CN(c1cc(C)ccc1C)S(=O)(=O)c1ccccc1. The van der Waals surface area contributed by atoms with Gasteiger partial charge < -0.3 is 10.2 Å². The maximum absolute atomic E-state index is 13.8. The average molecular weight is 508 g/mol. The van der Waals surface area contributed by atoms with Crippen molar-refractivity contribution in [3.63, 3.8) is 0 Å². The van der Waals surface area contributed by atoms with Gasteiger partial charge in [-0.2, -0.15) is 0 Å². The highest BCUT2D eigenvalue weighted by atomic mass is 32.2. The van der Waals surface area contributed by atoms with Crippen molar-refractivity contribution in [2.24, 2.45) is 0 Å². The van der Waals surface area contributed by atoms with Gasteiger partial charge in [0.05, 0.1) is 10.6 Å². The maximum Gasteiger partial charge on any atom is 0.264 e. The van der Waals surface area contributed by atoms with E-state index in [2.05, 4.69) is 5.32 Å². The summed E-state index contributed by atoms with van der Waals surface area (Å²) >= 11 is 0. The largest absolute Gasteiger partial charge is 0.357 e. The molecule has 1 atom stereocenters. The van der Waals surface area contributed by atoms with Gasteiger partial charge in [-0.05, 0) is 68.1 Å². The molecule has 0 heterocycles. The lowest BCUT2D eigenvalue weighted by molar-refractivity contribution is -0.139. The summed E-state index contributed by atoms with van der Waals surface area (Å²) in [5, 5.41) is 2.59. The minimum atomic E-state index is -4.07. The molecule has 0 saturated carbocycles. The van der Waals surface area contributed by atoms with Crippen LogP contribution in [0.25, 0.3) is 0 Å². The third-order valence-electron chi connectivity index (χ3n) is 6.26. The van der Waals surface area contributed by atoms with E-state index in [0.717, 1.165) is 26.6 Å². The molecule has 0 fully saturated rings. The van der Waals surface area contributed by atoms with E-state index in [1.165, 1.54) is 24.1 Å². The fraction of sp³-hybridized carbons (Fsp3) is 0.286. The van der Waals surface area contributed by atoms with Crippen LogP contribution < -0.4 is 9.62 Å². The number of benzene rings is 3. The van der Waals surface area contributed by atoms with E-state index in [9.17, 15) is 18.0 Å². The maximum atomic E-state index is 13.8. The molecule has 0 aromatic heterocycles. The van der Waals surface area contributed by atoms with Crippen LogP contribution in [0.5, 0.6) is 0 Å². The first-order valence-corrected chi connectivity index (χ1v) is 13.2. The molecule has 0 bridgehead atoms. The highest BCUT2D eigenvalue weighted by molar-refractivity contribution is 7.92. The number of nitrogens with one attached hydrogen (secondary N) is 1. The molecule has 0 aliphatic carbocycles. The molecule has 0 saturated heterocycles. The number of hydrogen-bond acceptors (Lipinski definition) is 4. The first-order chi connectivity index (χ1) is 17.1. The number of hydrogen-bond donors (Lipinski definition) is 1. The summed E-state index contributed by atoms with van der Waals surface area (Å²) in [5.74, 6) is -0.809. The van der Waals surface area contributed by atoms with Gasteiger partial charge in [0.1, 0.15) is 12.6 Å². The molecule has 3 aromatic carbocycles. The number of sulfonamides is 1. The van der Waals surface area contributed by atoms with Crippen LogP contribution in [0, 0.1) is 20.8 Å². The van der Waals surface area contributed by atoms with Gasteiger partial charge in [-0.3, -0.25) is 13.9 Å². The number of aryl methyl sites for hydroxylation is 3. The van der Waals surface area contributed by atoms with Gasteiger partial charge in [0.25, 0.3) is 10.0 Å². The zero-order chi connectivity index (χ0) is 26.5. The third-order valence-corrected chi connectivity index (χ3v) is 8.03. The molecule has 3 rings (SSSR count). The van der Waals surface area contributed by atoms with Gasteiger partial charge in [0.15, 0.2) is 0 Å². The lowest BCUT2D eigenvalue weighted by Gasteiger charge is -2.32. The van der Waals surface area contributed by atoms with Gasteiger partial charge in [0, 0.05) is 13.6 Å². The van der Waals surface area contributed by atoms with Crippen LogP contribution >= 0.6 is 0 Å². The Morgan fingerprint density at radius 1 is 0.889 bits per heavy atom. The molecular weight excluding hydrogens is 474 g/mol. The Labute approximate surface area is 213 Å². The van der Waals surface area contributed by atoms with Crippen LogP contribution in [0.3, 0.4) is 0 Å². The highest BCUT2D eigenvalue weighted by Crippen LogP contribution is 2.28. The molecule has 36 heavy (non-hydrogen) atoms. The van der Waals surface area contributed by atoms with Crippen molar-refractivity contribution in [1.82, 2.24) is 10.2 Å². The topological polar surface area (TPSA) is 86.8 Å². The van der Waals surface area contributed by atoms with Crippen LogP contribution in [0.4, 0.5) is 5.69 Å². The molecule has 3 aromatic rings. The quantitative estimate of drug-likeness (QED) is 0.475. The third kappa shape index (κ3) is 5.94. The minimum Gasteiger partial charge on any atom is -0.357 e. The Kier molecular flexibility index (Phi) is 8.53. The summed E-state index contributed by atoms with van der Waals surface area (Å²) in [7, 11) is -2.56. The Bertz CT molecular complexity index is 1340. The normalized spacial score (nSPS) is 12.0. The summed E-state index contributed by atoms with van der Waals surface area (Å²) in [4.78, 5) is 27.9. The number of carbonyl (C=O) groups excluding carboxylic acids is 2. The van der Waals surface area contributed by atoms with E-state index in [-0.39, 0.29) is 17.3 Å². The fourth-order valence-electron chi connectivity index (χ4n) is 3.98. The first-order valence-electron chi connectivity index (χ1n) is 11.8. The molecule has 0 unspecified atom stereocenters. The van der Waals surface area contributed by atoms with E-state index in [1.54, 1.807) is 31.2 Å². The van der Waals surface area contributed by atoms with Crippen molar-refractivity contribution in [3.8, 4) is 0 Å². The second-order valence-corrected chi connectivity index (χ2v) is 10.7. The van der Waals surface area contributed by atoms with Crippen molar-refractivity contribution in [3.05, 3.63) is 95.1 Å². The molecule has 8 heteroatoms. The Morgan fingerprint density at radius 3 is 2.17 bits per heavy atom. The molecule has 0 aliphatic heterocycles. The molecular formula is C28H33N3O4S. The molecule has 190 valence electrons. The van der Waals surface area contributed by atoms with Crippen molar-refractivity contribution < 1.29 is 18.0 Å². The van der Waals surface area contributed by atoms with E-state index < -0.39 is 28.5 Å². The zero-order valence-electron chi connectivity index (χ0n) is 21.4. The summed E-state index contributed by atoms with van der Waals surface area (Å²) in [6.07, 6.45) is 0. The number of nitrogens with zero attached hydrogens (tertiary/aromatic N) is 2. The van der Waals surface area contributed by atoms with Gasteiger partial charge in [-0.25, -0.2) is 8.42 Å². The zero-order valence-corrected chi connectivity index (χ0v) is 22.2. The van der Waals surface area contributed by atoms with E-state index in [4.69, 9.17) is 0 Å². The summed E-state index contributed by atoms with van der Waals surface area (Å²) in [6, 6.07) is 20.3. The van der Waals surface area contributed by atoms with Crippen molar-refractivity contribution in [1.29, 1.82) is 0 Å². The fourth-order valence-corrected chi connectivity index (χ4v) is 5.48. The smallest absolute Gasteiger partial charge is 0.264 e. The number of likely N-dealkylation sites (N-methyl/N-ethyl adjacent to an activating group) is 1. The number of rotatable bonds is 9. The van der Waals surface area contributed by atoms with Crippen LogP contribution in [0.1, 0.15) is 29.2 Å². The van der Waals surface area contributed by atoms with Gasteiger partial charge in [-0.1, -0.05) is 54.6 Å². The number of carbonyl (C=O) groups is 2. The van der Waals surface area contributed by atoms with Crippen LogP contribution in [-0.4, -0.2) is 44.8 Å². The molecule has 7 nitrogen and oxygen atoms in total. The number of amides is 2. The lowest BCUT2D eigenvalue weighted by Crippen LogP contribution is -2.50. The van der Waals surface area contributed by atoms with E-state index in [0.29, 0.717) is 5.69 Å². The Balaban J connectivity index is 2.08. The minimum absolute atomic E-state index is 0.0866. The molecule has 0 aliphatic rings. The van der Waals surface area contributed by atoms with Crippen LogP contribution in [0.2, 0.25) is 0 Å². The summed E-state index contributed by atoms with van der Waals surface area (Å²) in [6.45, 7) is 6.98. The van der Waals surface area contributed by atoms with E-state index >= 15 is 0 Å². The average Bonchev–Trinajstić information content (AvgIpc) is 2.87. The first kappa shape index (κ1) is 26.9. The van der Waals surface area contributed by atoms with Crippen molar-refractivity contribution in [2.45, 2.75) is 45.2 Å². The van der Waals surface area contributed by atoms with Crippen molar-refractivity contribution >= 4 is 27.5 Å². The highest BCUT2D eigenvalue weighted by Gasteiger charge is 2.33. The second kappa shape index (κ2) is 11.4. The van der Waals surface area contributed by atoms with Gasteiger partial charge in [-0.15, -0.1) is 0 Å². The second-order valence-electron chi connectivity index (χ2n) is 8.85. The molecule has 0 radical (unpaired) electrons. The molecule has 2 amide bonds. The monoisotopic (exact) mass is 507 g/mol. The van der Waals surface area contributed by atoms with E-state index in [1.807, 2.05) is 57.2 Å². The van der Waals surface area contributed by atoms with Crippen LogP contribution in [0.15, 0.2) is 77.7 Å². The van der Waals surface area contributed by atoms with Gasteiger partial charge in [0.2, 0.25) is 11.8 Å². The predicted molar refractivity (Wildman–Crippen MR) is 142 cm³/mol. The van der Waals surface area contributed by atoms with Crippen molar-refractivity contribution in [2.75, 3.05) is 17.9 Å².